The van der Waals surface area contributed by atoms with E-state index < -0.39 is 20.0 Å². The third-order valence-electron chi connectivity index (χ3n) is 11.2. The lowest BCUT2D eigenvalue weighted by Gasteiger charge is -2.25. The molecule has 0 aromatic rings. The molecule has 0 aliphatic heterocycles. The molecule has 0 aliphatic carbocycles. The summed E-state index contributed by atoms with van der Waals surface area (Å²) in [6, 6.07) is -0.843. The zero-order chi connectivity index (χ0) is 42.8. The number of quaternary nitrogens is 1. The maximum Gasteiger partial charge on any atom is 0.472 e. The molecule has 0 spiro atoms. The van der Waals surface area contributed by atoms with Crippen molar-refractivity contribution in [2.75, 3.05) is 40.9 Å². The number of likely N-dealkylation sites (N-methyl/N-ethyl adjacent to an activating group) is 1. The smallest absolute Gasteiger partial charge is 0.387 e. The van der Waals surface area contributed by atoms with Crippen LogP contribution in [0.3, 0.4) is 0 Å². The Balaban J connectivity index is 4.12. The Morgan fingerprint density at radius 3 is 1.33 bits per heavy atom. The van der Waals surface area contributed by atoms with E-state index in [0.717, 1.165) is 38.5 Å². The van der Waals surface area contributed by atoms with Crippen LogP contribution in [0.25, 0.3) is 0 Å². The maximum absolute atomic E-state index is 12.9. The molecule has 3 atom stereocenters. The number of hydrogen-bond donors (Lipinski definition) is 3. The summed E-state index contributed by atoms with van der Waals surface area (Å²) in [4.78, 5) is 23.1. The van der Waals surface area contributed by atoms with Gasteiger partial charge in [-0.2, -0.15) is 0 Å². The number of nitrogens with zero attached hydrogens (tertiary/aromatic N) is 1. The van der Waals surface area contributed by atoms with Gasteiger partial charge >= 0.3 is 7.82 Å². The molecular weight excluding hydrogens is 744 g/mol. The number of amides is 1. The summed E-state index contributed by atoms with van der Waals surface area (Å²) in [5.41, 5.74) is 0. The fraction of sp³-hybridized carbons (Fsp3) is 0.898. The molecule has 1 amide bonds. The van der Waals surface area contributed by atoms with Gasteiger partial charge in [0, 0.05) is 6.42 Å². The summed E-state index contributed by atoms with van der Waals surface area (Å²) in [5, 5.41) is 13.8. The van der Waals surface area contributed by atoms with Crippen LogP contribution in [0.15, 0.2) is 24.3 Å². The molecule has 8 nitrogen and oxygen atoms in total. The van der Waals surface area contributed by atoms with E-state index in [-0.39, 0.29) is 19.1 Å². The van der Waals surface area contributed by atoms with E-state index in [2.05, 4.69) is 31.3 Å². The average Bonchev–Trinajstić information content (AvgIpc) is 3.17. The summed E-state index contributed by atoms with van der Waals surface area (Å²) in [7, 11) is 1.57. The Bertz CT molecular complexity index is 1000. The van der Waals surface area contributed by atoms with E-state index in [1.807, 2.05) is 27.2 Å². The molecule has 0 radical (unpaired) electrons. The molecule has 0 heterocycles. The number of nitrogens with one attached hydrogen (secondary N) is 1. The highest BCUT2D eigenvalue weighted by Gasteiger charge is 2.27. The SMILES string of the molecule is CCCCCCCCCC/C=C/C(O)C(COP(=O)(O)OCC[N+](C)(C)C)NC(=O)CCCCCCCCCCCC/C=C\CCCCCCCCCCCCCC. The third-order valence-corrected chi connectivity index (χ3v) is 12.1. The third kappa shape index (κ3) is 43.1. The topological polar surface area (TPSA) is 105 Å². The van der Waals surface area contributed by atoms with Gasteiger partial charge in [0.15, 0.2) is 0 Å². The number of phosphoric ester groups is 1. The van der Waals surface area contributed by atoms with E-state index in [9.17, 15) is 19.4 Å². The number of aliphatic hydroxyl groups is 1. The van der Waals surface area contributed by atoms with Gasteiger partial charge in [-0.1, -0.05) is 205 Å². The summed E-state index contributed by atoms with van der Waals surface area (Å²) in [5.74, 6) is -0.179. The van der Waals surface area contributed by atoms with Gasteiger partial charge in [-0.15, -0.1) is 0 Å². The minimum Gasteiger partial charge on any atom is -0.387 e. The van der Waals surface area contributed by atoms with Crippen molar-refractivity contribution < 1.29 is 32.9 Å². The van der Waals surface area contributed by atoms with Crippen molar-refractivity contribution in [2.45, 2.75) is 244 Å². The summed E-state index contributed by atoms with van der Waals surface area (Å²) >= 11 is 0. The average molecular weight is 842 g/mol. The number of phosphoric acid groups is 1. The normalized spacial score (nSPS) is 14.4. The van der Waals surface area contributed by atoms with Gasteiger partial charge in [0.25, 0.3) is 0 Å². The molecule has 9 heteroatoms. The Kier molecular flexibility index (Phi) is 40.6. The number of hydrogen-bond acceptors (Lipinski definition) is 5. The van der Waals surface area contributed by atoms with Crippen LogP contribution in [0.4, 0.5) is 0 Å². The monoisotopic (exact) mass is 842 g/mol. The Morgan fingerprint density at radius 2 is 0.931 bits per heavy atom. The van der Waals surface area contributed by atoms with Crippen LogP contribution in [-0.2, 0) is 18.4 Å². The van der Waals surface area contributed by atoms with Crippen LogP contribution in [-0.4, -0.2) is 73.4 Å². The molecule has 0 fully saturated rings. The van der Waals surface area contributed by atoms with Crippen LogP contribution < -0.4 is 5.32 Å². The Hall–Kier alpha value is -1.02. The molecule has 0 saturated carbocycles. The van der Waals surface area contributed by atoms with Gasteiger partial charge in [0.1, 0.15) is 13.2 Å². The summed E-state index contributed by atoms with van der Waals surface area (Å²) < 4.78 is 23.5. The molecule has 344 valence electrons. The Labute approximate surface area is 360 Å². The van der Waals surface area contributed by atoms with Gasteiger partial charge in [0.05, 0.1) is 39.9 Å². The first kappa shape index (κ1) is 57.0. The van der Waals surface area contributed by atoms with E-state index >= 15 is 0 Å². The van der Waals surface area contributed by atoms with Crippen LogP contribution in [0.5, 0.6) is 0 Å². The number of unbranched alkanes of at least 4 members (excludes halogenated alkanes) is 30. The van der Waals surface area contributed by atoms with Crippen molar-refractivity contribution in [3.05, 3.63) is 24.3 Å². The van der Waals surface area contributed by atoms with Crippen LogP contribution in [0.2, 0.25) is 0 Å². The summed E-state index contributed by atoms with van der Waals surface area (Å²) in [6.45, 7) is 4.81. The molecule has 0 rings (SSSR count). The second-order valence-corrected chi connectivity index (χ2v) is 19.6. The van der Waals surface area contributed by atoms with Gasteiger partial charge in [-0.3, -0.25) is 13.8 Å². The largest absolute Gasteiger partial charge is 0.472 e. The van der Waals surface area contributed by atoms with Crippen molar-refractivity contribution >= 4 is 13.7 Å². The summed E-state index contributed by atoms with van der Waals surface area (Å²) in [6.07, 6.45) is 49.8. The van der Waals surface area contributed by atoms with Crippen molar-refractivity contribution in [2.24, 2.45) is 0 Å². The lowest BCUT2D eigenvalue weighted by Crippen LogP contribution is -2.45. The Morgan fingerprint density at radius 1 is 0.569 bits per heavy atom. The van der Waals surface area contributed by atoms with Crippen molar-refractivity contribution in [3.8, 4) is 0 Å². The number of carbonyl (C=O) groups excluding carboxylic acids is 1. The number of carbonyl (C=O) groups is 1. The van der Waals surface area contributed by atoms with E-state index in [1.54, 1.807) is 6.08 Å². The van der Waals surface area contributed by atoms with Crippen LogP contribution in [0, 0.1) is 0 Å². The van der Waals surface area contributed by atoms with Crippen molar-refractivity contribution in [3.63, 3.8) is 0 Å². The van der Waals surface area contributed by atoms with Gasteiger partial charge in [-0.05, 0) is 44.9 Å². The predicted molar refractivity (Wildman–Crippen MR) is 249 cm³/mol. The van der Waals surface area contributed by atoms with Gasteiger partial charge in [-0.25, -0.2) is 4.57 Å². The highest BCUT2D eigenvalue weighted by Crippen LogP contribution is 2.43. The van der Waals surface area contributed by atoms with Crippen molar-refractivity contribution in [1.29, 1.82) is 0 Å². The molecule has 0 saturated heterocycles. The van der Waals surface area contributed by atoms with E-state index in [1.165, 1.54) is 173 Å². The minimum atomic E-state index is -4.33. The first-order chi connectivity index (χ1) is 28.0. The lowest BCUT2D eigenvalue weighted by atomic mass is 10.0. The molecule has 58 heavy (non-hydrogen) atoms. The highest BCUT2D eigenvalue weighted by atomic mass is 31.2. The highest BCUT2D eigenvalue weighted by molar-refractivity contribution is 7.47. The maximum atomic E-state index is 12.9. The molecule has 0 aliphatic rings. The second-order valence-electron chi connectivity index (χ2n) is 18.2. The molecule has 0 aromatic heterocycles. The zero-order valence-electron chi connectivity index (χ0n) is 39.0. The first-order valence-electron chi connectivity index (χ1n) is 24.7. The molecule has 0 bridgehead atoms. The van der Waals surface area contributed by atoms with Gasteiger partial charge in [0.2, 0.25) is 5.91 Å². The minimum absolute atomic E-state index is 0.0623. The quantitative estimate of drug-likeness (QED) is 0.0244. The van der Waals surface area contributed by atoms with Crippen molar-refractivity contribution in [1.82, 2.24) is 5.32 Å². The van der Waals surface area contributed by atoms with Crippen LogP contribution in [0.1, 0.15) is 232 Å². The van der Waals surface area contributed by atoms with Gasteiger partial charge < -0.3 is 19.8 Å². The standard InChI is InChI=1S/C49H97N2O6P/c1-6-8-10-12-14-16-18-19-20-21-22-23-24-25-26-27-28-29-30-31-32-33-35-37-39-41-43-49(53)50-47(46-57-58(54,55)56-45-44-51(3,4)5)48(52)42-40-38-36-34-17-15-13-11-9-7-2/h25-26,40,42,47-48,52H,6-24,27-39,41,43-46H2,1-5H3,(H-,50,53,54,55)/p+1/b26-25-,42-40+. The van der Waals surface area contributed by atoms with Crippen LogP contribution >= 0.6 is 7.82 Å². The zero-order valence-corrected chi connectivity index (χ0v) is 39.9. The fourth-order valence-corrected chi connectivity index (χ4v) is 7.95. The number of aliphatic hydroxyl groups excluding tert-OH is 1. The fourth-order valence-electron chi connectivity index (χ4n) is 7.21. The predicted octanol–water partition coefficient (Wildman–Crippen LogP) is 14.1. The molecular formula is C49H98N2O6P+. The molecule has 0 aromatic carbocycles. The molecule has 3 N–H and O–H groups in total. The second kappa shape index (κ2) is 41.3. The first-order valence-corrected chi connectivity index (χ1v) is 26.2. The molecule has 3 unspecified atom stereocenters. The van der Waals surface area contributed by atoms with E-state index in [0.29, 0.717) is 17.4 Å². The number of rotatable bonds is 45. The lowest BCUT2D eigenvalue weighted by molar-refractivity contribution is -0.870. The number of allylic oxidation sites excluding steroid dienone is 3. The van der Waals surface area contributed by atoms with E-state index in [4.69, 9.17) is 9.05 Å².